The number of nitrogens with zero attached hydrogens (tertiary/aromatic N) is 2. The summed E-state index contributed by atoms with van der Waals surface area (Å²) in [7, 11) is -3.68. The van der Waals surface area contributed by atoms with E-state index < -0.39 is 10.0 Å². The molecule has 0 saturated heterocycles. The molecule has 4 N–H and O–H groups in total. The highest BCUT2D eigenvalue weighted by Crippen LogP contribution is 2.25. The van der Waals surface area contributed by atoms with Gasteiger partial charge in [0.25, 0.3) is 10.0 Å². The van der Waals surface area contributed by atoms with E-state index in [2.05, 4.69) is 20.2 Å². The van der Waals surface area contributed by atoms with E-state index in [4.69, 9.17) is 18.0 Å². The lowest BCUT2D eigenvalue weighted by molar-refractivity contribution is 0.601. The SMILES string of the molecule is C/C(=N\NC(N)=S)c1sc(NS(=O)(=O)c2ccc(C)cc2)nc1C. The van der Waals surface area contributed by atoms with E-state index in [1.165, 1.54) is 11.3 Å². The van der Waals surface area contributed by atoms with Crippen molar-refractivity contribution in [3.8, 4) is 0 Å². The summed E-state index contributed by atoms with van der Waals surface area (Å²) in [5.74, 6) is 0. The van der Waals surface area contributed by atoms with E-state index in [1.54, 1.807) is 38.1 Å². The van der Waals surface area contributed by atoms with Crippen LogP contribution in [-0.2, 0) is 10.0 Å². The topological polar surface area (TPSA) is 109 Å². The number of aromatic nitrogens is 1. The van der Waals surface area contributed by atoms with Gasteiger partial charge in [0.1, 0.15) is 0 Å². The number of aryl methyl sites for hydroxylation is 2. The van der Waals surface area contributed by atoms with Crippen molar-refractivity contribution in [1.29, 1.82) is 0 Å². The average molecular weight is 384 g/mol. The average Bonchev–Trinajstić information content (AvgIpc) is 2.85. The molecule has 0 spiro atoms. The highest BCUT2D eigenvalue weighted by molar-refractivity contribution is 7.93. The maximum Gasteiger partial charge on any atom is 0.263 e. The maximum atomic E-state index is 12.4. The van der Waals surface area contributed by atoms with Crippen molar-refractivity contribution in [3.05, 3.63) is 40.4 Å². The first kappa shape index (κ1) is 18.3. The van der Waals surface area contributed by atoms with Crippen molar-refractivity contribution in [1.82, 2.24) is 10.4 Å². The lowest BCUT2D eigenvalue weighted by Gasteiger charge is -2.05. The van der Waals surface area contributed by atoms with Crippen LogP contribution in [0.15, 0.2) is 34.3 Å². The van der Waals surface area contributed by atoms with Crippen LogP contribution in [0, 0.1) is 13.8 Å². The van der Waals surface area contributed by atoms with Gasteiger partial charge in [0.05, 0.1) is 21.2 Å². The summed E-state index contributed by atoms with van der Waals surface area (Å²) in [5.41, 5.74) is 10.1. The predicted octanol–water partition coefficient (Wildman–Crippen LogP) is 2.12. The van der Waals surface area contributed by atoms with Gasteiger partial charge >= 0.3 is 0 Å². The smallest absolute Gasteiger partial charge is 0.263 e. The Hall–Kier alpha value is -2.04. The minimum atomic E-state index is -3.68. The van der Waals surface area contributed by atoms with Gasteiger partial charge in [0, 0.05) is 0 Å². The first-order valence-electron chi connectivity index (χ1n) is 6.86. The fourth-order valence-corrected chi connectivity index (χ4v) is 4.05. The van der Waals surface area contributed by atoms with Gasteiger partial charge < -0.3 is 5.73 Å². The summed E-state index contributed by atoms with van der Waals surface area (Å²) in [4.78, 5) is 5.16. The second kappa shape index (κ2) is 7.24. The molecule has 24 heavy (non-hydrogen) atoms. The van der Waals surface area contributed by atoms with Crippen LogP contribution >= 0.6 is 23.6 Å². The van der Waals surface area contributed by atoms with E-state index in [9.17, 15) is 8.42 Å². The third-order valence-electron chi connectivity index (χ3n) is 3.01. The molecule has 0 fully saturated rings. The first-order valence-corrected chi connectivity index (χ1v) is 9.57. The van der Waals surface area contributed by atoms with Crippen molar-refractivity contribution < 1.29 is 8.42 Å². The number of thiocarbonyl (C=S) groups is 1. The Kier molecular flexibility index (Phi) is 5.52. The zero-order valence-corrected chi connectivity index (χ0v) is 15.8. The van der Waals surface area contributed by atoms with E-state index in [0.717, 1.165) is 10.4 Å². The normalized spacial score (nSPS) is 12.0. The molecule has 1 aromatic carbocycles. The Balaban J connectivity index is 2.25. The Morgan fingerprint density at radius 3 is 2.50 bits per heavy atom. The molecule has 0 atom stereocenters. The summed E-state index contributed by atoms with van der Waals surface area (Å²) in [6.45, 7) is 5.42. The molecule has 0 unspecified atom stereocenters. The highest BCUT2D eigenvalue weighted by atomic mass is 32.2. The molecule has 0 saturated carbocycles. The summed E-state index contributed by atoms with van der Waals surface area (Å²) >= 11 is 5.88. The van der Waals surface area contributed by atoms with Crippen LogP contribution in [0.3, 0.4) is 0 Å². The van der Waals surface area contributed by atoms with Gasteiger partial charge in [-0.3, -0.25) is 10.1 Å². The Morgan fingerprint density at radius 1 is 1.29 bits per heavy atom. The molecule has 7 nitrogen and oxygen atoms in total. The molecular weight excluding hydrogens is 366 g/mol. The number of sulfonamides is 1. The molecule has 0 amide bonds. The van der Waals surface area contributed by atoms with E-state index in [1.807, 2.05) is 6.92 Å². The highest BCUT2D eigenvalue weighted by Gasteiger charge is 2.18. The standard InChI is InChI=1S/C14H17N5O2S3/c1-8-4-6-11(7-5-8)24(20,21)19-14-16-9(2)12(23-14)10(3)17-18-13(15)22/h4-7H,1-3H3,(H,16,19)(H3,15,18,22)/b17-10+. The van der Waals surface area contributed by atoms with E-state index in [0.29, 0.717) is 11.4 Å². The third kappa shape index (κ3) is 4.49. The first-order chi connectivity index (χ1) is 11.2. The van der Waals surface area contributed by atoms with Crippen molar-refractivity contribution in [3.63, 3.8) is 0 Å². The van der Waals surface area contributed by atoms with Crippen LogP contribution < -0.4 is 15.9 Å². The van der Waals surface area contributed by atoms with Crippen molar-refractivity contribution in [2.24, 2.45) is 10.8 Å². The number of anilines is 1. The molecule has 1 heterocycles. The molecule has 128 valence electrons. The van der Waals surface area contributed by atoms with Crippen molar-refractivity contribution in [2.75, 3.05) is 4.72 Å². The number of nitrogens with one attached hydrogen (secondary N) is 2. The van der Waals surface area contributed by atoms with Gasteiger partial charge in [0.15, 0.2) is 10.2 Å². The molecule has 10 heteroatoms. The van der Waals surface area contributed by atoms with Crippen LogP contribution in [0.2, 0.25) is 0 Å². The van der Waals surface area contributed by atoms with E-state index in [-0.39, 0.29) is 15.1 Å². The second-order valence-electron chi connectivity index (χ2n) is 5.03. The number of hydrazone groups is 1. The Morgan fingerprint density at radius 2 is 1.92 bits per heavy atom. The third-order valence-corrected chi connectivity index (χ3v) is 5.77. The van der Waals surface area contributed by atoms with Gasteiger partial charge in [-0.05, 0) is 45.1 Å². The number of nitrogens with two attached hydrogens (primary N) is 1. The van der Waals surface area contributed by atoms with Crippen molar-refractivity contribution >= 4 is 49.5 Å². The largest absolute Gasteiger partial charge is 0.375 e. The van der Waals surface area contributed by atoms with Gasteiger partial charge in [-0.25, -0.2) is 13.4 Å². The zero-order chi connectivity index (χ0) is 17.9. The quantitative estimate of drug-likeness (QED) is 0.414. The van der Waals surface area contributed by atoms with Gasteiger partial charge in [0.2, 0.25) is 0 Å². The van der Waals surface area contributed by atoms with Crippen molar-refractivity contribution in [2.45, 2.75) is 25.7 Å². The fraction of sp³-hybridized carbons (Fsp3) is 0.214. The van der Waals surface area contributed by atoms with Gasteiger partial charge in [-0.1, -0.05) is 29.0 Å². The molecule has 0 aliphatic carbocycles. The molecule has 1 aromatic heterocycles. The van der Waals surface area contributed by atoms with Crippen LogP contribution in [0.25, 0.3) is 0 Å². The molecule has 2 rings (SSSR count). The number of benzene rings is 1. The number of thiazole rings is 1. The zero-order valence-electron chi connectivity index (χ0n) is 13.3. The molecule has 0 aliphatic heterocycles. The van der Waals surface area contributed by atoms with Crippen LogP contribution in [0.1, 0.15) is 23.1 Å². The Bertz CT molecular complexity index is 886. The minimum Gasteiger partial charge on any atom is -0.375 e. The second-order valence-corrected chi connectivity index (χ2v) is 8.15. The van der Waals surface area contributed by atoms with Gasteiger partial charge in [-0.2, -0.15) is 5.10 Å². The molecule has 0 aliphatic rings. The monoisotopic (exact) mass is 383 g/mol. The molecule has 0 radical (unpaired) electrons. The lowest BCUT2D eigenvalue weighted by atomic mass is 10.2. The number of rotatable bonds is 5. The summed E-state index contributed by atoms with van der Waals surface area (Å²) in [6.07, 6.45) is 0. The number of hydrogen-bond donors (Lipinski definition) is 3. The lowest BCUT2D eigenvalue weighted by Crippen LogP contribution is -2.25. The fourth-order valence-electron chi connectivity index (χ4n) is 1.86. The summed E-state index contributed by atoms with van der Waals surface area (Å²) < 4.78 is 27.3. The van der Waals surface area contributed by atoms with Gasteiger partial charge in [-0.15, -0.1) is 0 Å². The minimum absolute atomic E-state index is 0.0526. The van der Waals surface area contributed by atoms with E-state index >= 15 is 0 Å². The molecule has 2 aromatic rings. The predicted molar refractivity (Wildman–Crippen MR) is 101 cm³/mol. The summed E-state index contributed by atoms with van der Waals surface area (Å²) in [6, 6.07) is 6.59. The summed E-state index contributed by atoms with van der Waals surface area (Å²) in [5, 5.41) is 4.35. The maximum absolute atomic E-state index is 12.4. The van der Waals surface area contributed by atoms with Crippen LogP contribution in [0.4, 0.5) is 5.13 Å². The van der Waals surface area contributed by atoms with Crippen LogP contribution in [0.5, 0.6) is 0 Å². The van der Waals surface area contributed by atoms with Crippen LogP contribution in [-0.4, -0.2) is 24.2 Å². The molecule has 0 bridgehead atoms. The Labute approximate surface area is 150 Å². The molecular formula is C14H17N5O2S3. The number of hydrogen-bond acceptors (Lipinski definition) is 6.